The molecular weight excluding hydrogens is 208 g/mol. The van der Waals surface area contributed by atoms with E-state index in [2.05, 4.69) is 36.9 Å². The van der Waals surface area contributed by atoms with E-state index in [-0.39, 0.29) is 0 Å². The van der Waals surface area contributed by atoms with Gasteiger partial charge in [-0.2, -0.15) is 5.26 Å². The molecule has 0 aromatic heterocycles. The second-order valence-corrected chi connectivity index (χ2v) is 5.32. The van der Waals surface area contributed by atoms with Crippen LogP contribution in [0, 0.1) is 30.1 Å². The summed E-state index contributed by atoms with van der Waals surface area (Å²) in [6, 6.07) is 8.49. The first-order chi connectivity index (χ1) is 8.11. The number of nitriles is 1. The smallest absolute Gasteiger partial charge is 0.101 e. The molecule has 0 amide bonds. The van der Waals surface area contributed by atoms with Gasteiger partial charge in [-0.25, -0.2) is 0 Å². The lowest BCUT2D eigenvalue weighted by atomic mass is 9.88. The third-order valence-corrected chi connectivity index (χ3v) is 3.95. The molecule has 2 heteroatoms. The highest BCUT2D eigenvalue weighted by atomic mass is 15.1. The Labute approximate surface area is 104 Å². The Bertz CT molecular complexity index is 445. The molecule has 2 rings (SSSR count). The van der Waals surface area contributed by atoms with Gasteiger partial charge in [0.1, 0.15) is 6.07 Å². The summed E-state index contributed by atoms with van der Waals surface area (Å²) < 4.78 is 0. The highest BCUT2D eigenvalue weighted by molar-refractivity contribution is 5.60. The van der Waals surface area contributed by atoms with Gasteiger partial charge in [0, 0.05) is 13.1 Å². The molecule has 1 saturated heterocycles. The van der Waals surface area contributed by atoms with Crippen molar-refractivity contribution in [3.8, 4) is 6.07 Å². The molecule has 1 aliphatic heterocycles. The van der Waals surface area contributed by atoms with Crippen LogP contribution < -0.4 is 4.90 Å². The maximum absolute atomic E-state index is 9.21. The monoisotopic (exact) mass is 228 g/mol. The van der Waals surface area contributed by atoms with Gasteiger partial charge in [-0.15, -0.1) is 0 Å². The lowest BCUT2D eigenvalue weighted by molar-refractivity contribution is 0.324. The van der Waals surface area contributed by atoms with Crippen LogP contribution in [-0.4, -0.2) is 13.1 Å². The van der Waals surface area contributed by atoms with E-state index in [1.165, 1.54) is 6.42 Å². The zero-order chi connectivity index (χ0) is 12.4. The Kier molecular flexibility index (Phi) is 3.38. The molecule has 0 saturated carbocycles. The Morgan fingerprint density at radius 1 is 1.29 bits per heavy atom. The summed E-state index contributed by atoms with van der Waals surface area (Å²) in [4.78, 5) is 2.36. The summed E-state index contributed by atoms with van der Waals surface area (Å²) in [7, 11) is 0. The molecule has 2 atom stereocenters. The van der Waals surface area contributed by atoms with E-state index in [1.54, 1.807) is 0 Å². The molecule has 0 radical (unpaired) electrons. The van der Waals surface area contributed by atoms with Crippen LogP contribution in [0.15, 0.2) is 18.2 Å². The van der Waals surface area contributed by atoms with Crippen LogP contribution in [0.5, 0.6) is 0 Å². The predicted octanol–water partition coefficient (Wildman–Crippen LogP) is 3.35. The molecule has 1 aromatic rings. The molecule has 2 unspecified atom stereocenters. The lowest BCUT2D eigenvalue weighted by Gasteiger charge is -2.37. The normalized spacial score (nSPS) is 24.5. The number of nitrogens with zero attached hydrogens (tertiary/aromatic N) is 2. The first-order valence-electron chi connectivity index (χ1n) is 6.37. The van der Waals surface area contributed by atoms with Crippen molar-refractivity contribution < 1.29 is 0 Å². The van der Waals surface area contributed by atoms with Gasteiger partial charge in [-0.1, -0.05) is 19.9 Å². The quantitative estimate of drug-likeness (QED) is 0.737. The minimum atomic E-state index is 0.705. The van der Waals surface area contributed by atoms with Gasteiger partial charge in [0.05, 0.1) is 11.3 Å². The number of hydrogen-bond acceptors (Lipinski definition) is 2. The van der Waals surface area contributed by atoms with Crippen LogP contribution in [0.1, 0.15) is 31.4 Å². The standard InChI is InChI=1S/C15H20N2/c1-11-4-5-15(14(8-11)9-16)17-7-6-12(2)13(3)10-17/h4-5,8,12-13H,6-7,10H2,1-3H3. The van der Waals surface area contributed by atoms with Gasteiger partial charge >= 0.3 is 0 Å². The molecule has 0 spiro atoms. The van der Waals surface area contributed by atoms with Crippen molar-refractivity contribution in [2.75, 3.05) is 18.0 Å². The first-order valence-corrected chi connectivity index (χ1v) is 6.37. The number of anilines is 1. The van der Waals surface area contributed by atoms with Gasteiger partial charge < -0.3 is 4.90 Å². The predicted molar refractivity (Wildman–Crippen MR) is 71.1 cm³/mol. The number of rotatable bonds is 1. The highest BCUT2D eigenvalue weighted by Crippen LogP contribution is 2.29. The Morgan fingerprint density at radius 2 is 2.06 bits per heavy atom. The van der Waals surface area contributed by atoms with Crippen molar-refractivity contribution in [3.05, 3.63) is 29.3 Å². The van der Waals surface area contributed by atoms with Crippen LogP contribution in [0.3, 0.4) is 0 Å². The third kappa shape index (κ3) is 2.44. The molecule has 0 bridgehead atoms. The van der Waals surface area contributed by atoms with Gasteiger partial charge in [-0.3, -0.25) is 0 Å². The van der Waals surface area contributed by atoms with Crippen LogP contribution in [0.25, 0.3) is 0 Å². The fraction of sp³-hybridized carbons (Fsp3) is 0.533. The average Bonchev–Trinajstić information content (AvgIpc) is 2.32. The van der Waals surface area contributed by atoms with Crippen molar-refractivity contribution >= 4 is 5.69 Å². The topological polar surface area (TPSA) is 27.0 Å². The second-order valence-electron chi connectivity index (χ2n) is 5.32. The van der Waals surface area contributed by atoms with E-state index in [1.807, 2.05) is 13.0 Å². The summed E-state index contributed by atoms with van der Waals surface area (Å²) in [5.74, 6) is 1.50. The summed E-state index contributed by atoms with van der Waals surface area (Å²) in [6.07, 6.45) is 1.22. The van der Waals surface area contributed by atoms with Gasteiger partial charge in [-0.05, 0) is 42.9 Å². The number of benzene rings is 1. The van der Waals surface area contributed by atoms with Crippen LogP contribution >= 0.6 is 0 Å². The van der Waals surface area contributed by atoms with E-state index in [0.717, 1.165) is 35.8 Å². The Hall–Kier alpha value is -1.49. The van der Waals surface area contributed by atoms with E-state index < -0.39 is 0 Å². The number of piperidine rings is 1. The third-order valence-electron chi connectivity index (χ3n) is 3.95. The maximum Gasteiger partial charge on any atom is 0.101 e. The number of aryl methyl sites for hydroxylation is 1. The summed E-state index contributed by atoms with van der Waals surface area (Å²) in [5.41, 5.74) is 3.08. The molecular formula is C15H20N2. The van der Waals surface area contributed by atoms with E-state index in [9.17, 15) is 5.26 Å². The average molecular weight is 228 g/mol. The van der Waals surface area contributed by atoms with Crippen LogP contribution in [-0.2, 0) is 0 Å². The summed E-state index contributed by atoms with van der Waals surface area (Å²) in [6.45, 7) is 8.80. The minimum Gasteiger partial charge on any atom is -0.370 e. The summed E-state index contributed by atoms with van der Waals surface area (Å²) >= 11 is 0. The molecule has 1 fully saturated rings. The van der Waals surface area contributed by atoms with Crippen molar-refractivity contribution in [1.82, 2.24) is 0 Å². The van der Waals surface area contributed by atoms with Crippen molar-refractivity contribution in [1.29, 1.82) is 5.26 Å². The van der Waals surface area contributed by atoms with E-state index in [4.69, 9.17) is 0 Å². The van der Waals surface area contributed by atoms with Gasteiger partial charge in [0.15, 0.2) is 0 Å². The molecule has 2 nitrogen and oxygen atoms in total. The first kappa shape index (κ1) is 12.0. The molecule has 90 valence electrons. The Balaban J connectivity index is 2.26. The van der Waals surface area contributed by atoms with E-state index >= 15 is 0 Å². The lowest BCUT2D eigenvalue weighted by Crippen LogP contribution is -2.38. The Morgan fingerprint density at radius 3 is 2.71 bits per heavy atom. The zero-order valence-corrected chi connectivity index (χ0v) is 10.9. The van der Waals surface area contributed by atoms with Crippen molar-refractivity contribution in [3.63, 3.8) is 0 Å². The molecule has 17 heavy (non-hydrogen) atoms. The van der Waals surface area contributed by atoms with Gasteiger partial charge in [0.25, 0.3) is 0 Å². The summed E-state index contributed by atoms with van der Waals surface area (Å²) in [5, 5.41) is 9.21. The molecule has 1 aromatic carbocycles. The van der Waals surface area contributed by atoms with Crippen molar-refractivity contribution in [2.24, 2.45) is 11.8 Å². The SMILES string of the molecule is Cc1ccc(N2CCC(C)C(C)C2)c(C#N)c1. The maximum atomic E-state index is 9.21. The largest absolute Gasteiger partial charge is 0.370 e. The molecule has 1 heterocycles. The minimum absolute atomic E-state index is 0.705. The van der Waals surface area contributed by atoms with Crippen LogP contribution in [0.2, 0.25) is 0 Å². The molecule has 1 aliphatic rings. The fourth-order valence-corrected chi connectivity index (χ4v) is 2.50. The highest BCUT2D eigenvalue weighted by Gasteiger charge is 2.24. The molecule has 0 N–H and O–H groups in total. The molecule has 0 aliphatic carbocycles. The zero-order valence-electron chi connectivity index (χ0n) is 10.9. The van der Waals surface area contributed by atoms with Crippen molar-refractivity contribution in [2.45, 2.75) is 27.2 Å². The fourth-order valence-electron chi connectivity index (χ4n) is 2.50. The van der Waals surface area contributed by atoms with E-state index in [0.29, 0.717) is 5.92 Å². The second kappa shape index (κ2) is 4.79. The van der Waals surface area contributed by atoms with Gasteiger partial charge in [0.2, 0.25) is 0 Å². The number of hydrogen-bond donors (Lipinski definition) is 0. The van der Waals surface area contributed by atoms with Crippen LogP contribution in [0.4, 0.5) is 5.69 Å².